The lowest BCUT2D eigenvalue weighted by molar-refractivity contribution is 0.0682. The molecule has 0 bridgehead atoms. The Balaban J connectivity index is 1.63. The molecule has 24 heavy (non-hydrogen) atoms. The van der Waals surface area contributed by atoms with Crippen LogP contribution < -0.4 is 0 Å². The minimum atomic E-state index is 0.133. The first kappa shape index (κ1) is 15.5. The van der Waals surface area contributed by atoms with E-state index in [0.29, 0.717) is 11.7 Å². The molecule has 2 atom stereocenters. The summed E-state index contributed by atoms with van der Waals surface area (Å²) < 4.78 is 5.53. The van der Waals surface area contributed by atoms with Crippen molar-refractivity contribution in [1.29, 1.82) is 0 Å². The van der Waals surface area contributed by atoms with Crippen LogP contribution in [-0.2, 0) is 18.4 Å². The van der Waals surface area contributed by atoms with Crippen LogP contribution in [0.3, 0.4) is 0 Å². The summed E-state index contributed by atoms with van der Waals surface area (Å²) in [7, 11) is 0. The van der Waals surface area contributed by atoms with Gasteiger partial charge < -0.3 is 9.52 Å². The van der Waals surface area contributed by atoms with Gasteiger partial charge in [-0.2, -0.15) is 0 Å². The number of allylic oxidation sites excluding steroid dienone is 1. The molecule has 126 valence electrons. The van der Waals surface area contributed by atoms with E-state index in [-0.39, 0.29) is 5.41 Å². The zero-order valence-corrected chi connectivity index (χ0v) is 14.1. The number of furan rings is 1. The van der Waals surface area contributed by atoms with E-state index in [2.05, 4.69) is 29.7 Å². The Kier molecular flexibility index (Phi) is 3.97. The average Bonchev–Trinajstić information content (AvgIpc) is 3.09. The van der Waals surface area contributed by atoms with Crippen molar-refractivity contribution >= 4 is 0 Å². The molecule has 0 spiro atoms. The van der Waals surface area contributed by atoms with E-state index in [1.807, 2.05) is 18.2 Å². The molecule has 3 nitrogen and oxygen atoms in total. The first-order valence-corrected chi connectivity index (χ1v) is 8.89. The van der Waals surface area contributed by atoms with Crippen LogP contribution in [0.5, 0.6) is 5.75 Å². The molecule has 2 aliphatic rings. The summed E-state index contributed by atoms with van der Waals surface area (Å²) in [6, 6.07) is 9.96. The lowest BCUT2D eigenvalue weighted by Crippen LogP contribution is -2.51. The average molecular weight is 323 g/mol. The standard InChI is InChI=1S/C21H25NO2/c1-2-9-21-10-11-22(15-19-4-3-12-24-19)14-17(21)7-5-16-6-8-18(23)13-20(16)21/h2-4,6,8,12-13,17,23H,1,5,7,9-11,14-15H2. The number of hydrogen-bond donors (Lipinski definition) is 1. The van der Waals surface area contributed by atoms with E-state index >= 15 is 0 Å². The van der Waals surface area contributed by atoms with Gasteiger partial charge in [0.25, 0.3) is 0 Å². The lowest BCUT2D eigenvalue weighted by Gasteiger charge is -2.51. The van der Waals surface area contributed by atoms with Gasteiger partial charge in [0.1, 0.15) is 11.5 Å². The molecule has 0 saturated carbocycles. The molecule has 2 heterocycles. The summed E-state index contributed by atoms with van der Waals surface area (Å²) in [5.41, 5.74) is 2.90. The normalized spacial score (nSPS) is 26.6. The first-order valence-electron chi connectivity index (χ1n) is 8.89. The van der Waals surface area contributed by atoms with Crippen LogP contribution in [0, 0.1) is 5.92 Å². The Bertz CT molecular complexity index is 721. The third-order valence-electron chi connectivity index (χ3n) is 5.99. The number of phenolic OH excluding ortho intramolecular Hbond substituents is 1. The van der Waals surface area contributed by atoms with Gasteiger partial charge in [0, 0.05) is 12.0 Å². The number of phenols is 1. The van der Waals surface area contributed by atoms with Gasteiger partial charge in [-0.15, -0.1) is 6.58 Å². The molecule has 1 aromatic carbocycles. The number of nitrogens with zero attached hydrogens (tertiary/aromatic N) is 1. The number of fused-ring (bicyclic) bond motifs is 3. The molecule has 0 amide bonds. The van der Waals surface area contributed by atoms with E-state index in [4.69, 9.17) is 4.42 Å². The van der Waals surface area contributed by atoms with Gasteiger partial charge in [-0.05, 0) is 73.5 Å². The van der Waals surface area contributed by atoms with Crippen molar-refractivity contribution in [3.8, 4) is 5.75 Å². The van der Waals surface area contributed by atoms with Crippen molar-refractivity contribution in [2.75, 3.05) is 13.1 Å². The SMILES string of the molecule is C=CCC12CCN(Cc3ccco3)CC1CCc1ccc(O)cc12. The van der Waals surface area contributed by atoms with Crippen LogP contribution in [0.15, 0.2) is 53.7 Å². The molecule has 3 heteroatoms. The van der Waals surface area contributed by atoms with Gasteiger partial charge >= 0.3 is 0 Å². The fourth-order valence-corrected chi connectivity index (χ4v) is 4.84. The maximum atomic E-state index is 10.0. The van der Waals surface area contributed by atoms with E-state index in [1.165, 1.54) is 17.5 Å². The number of aromatic hydroxyl groups is 1. The molecule has 1 fully saturated rings. The predicted octanol–water partition coefficient (Wildman–Crippen LogP) is 4.27. The minimum absolute atomic E-state index is 0.133. The number of benzene rings is 1. The van der Waals surface area contributed by atoms with Crippen LogP contribution in [-0.4, -0.2) is 23.1 Å². The molecule has 2 aromatic rings. The molecule has 1 N–H and O–H groups in total. The van der Waals surface area contributed by atoms with Gasteiger partial charge in [0.05, 0.1) is 12.8 Å². The summed E-state index contributed by atoms with van der Waals surface area (Å²) >= 11 is 0. The van der Waals surface area contributed by atoms with E-state index in [9.17, 15) is 5.11 Å². The Labute approximate surface area is 143 Å². The highest BCUT2D eigenvalue weighted by molar-refractivity contribution is 5.43. The number of hydrogen-bond acceptors (Lipinski definition) is 3. The first-order chi connectivity index (χ1) is 11.7. The van der Waals surface area contributed by atoms with Gasteiger partial charge in [0.15, 0.2) is 0 Å². The lowest BCUT2D eigenvalue weighted by atomic mass is 9.58. The molecule has 4 rings (SSSR count). The van der Waals surface area contributed by atoms with Crippen molar-refractivity contribution in [2.45, 2.75) is 37.6 Å². The van der Waals surface area contributed by atoms with Gasteiger partial charge in [-0.1, -0.05) is 12.1 Å². The van der Waals surface area contributed by atoms with Crippen molar-refractivity contribution in [3.63, 3.8) is 0 Å². The second-order valence-corrected chi connectivity index (χ2v) is 7.29. The summed E-state index contributed by atoms with van der Waals surface area (Å²) in [6.45, 7) is 7.06. The molecule has 1 aliphatic heterocycles. The Morgan fingerprint density at radius 3 is 3.08 bits per heavy atom. The van der Waals surface area contributed by atoms with Gasteiger partial charge in [-0.3, -0.25) is 4.90 Å². The summed E-state index contributed by atoms with van der Waals surface area (Å²) in [6.07, 6.45) is 8.23. The maximum Gasteiger partial charge on any atom is 0.117 e. The van der Waals surface area contributed by atoms with Crippen molar-refractivity contribution < 1.29 is 9.52 Å². The highest BCUT2D eigenvalue weighted by Crippen LogP contribution is 2.50. The quantitative estimate of drug-likeness (QED) is 0.854. The molecule has 1 aliphatic carbocycles. The van der Waals surface area contributed by atoms with Crippen molar-refractivity contribution in [1.82, 2.24) is 4.90 Å². The maximum absolute atomic E-state index is 10.0. The Morgan fingerprint density at radius 1 is 1.38 bits per heavy atom. The molecule has 2 unspecified atom stereocenters. The van der Waals surface area contributed by atoms with Crippen LogP contribution in [0.1, 0.15) is 36.1 Å². The monoisotopic (exact) mass is 323 g/mol. The summed E-state index contributed by atoms with van der Waals surface area (Å²) in [5.74, 6) is 2.03. The van der Waals surface area contributed by atoms with Crippen LogP contribution in [0.2, 0.25) is 0 Å². The number of piperidine rings is 1. The van der Waals surface area contributed by atoms with E-state index in [1.54, 1.807) is 6.26 Å². The number of rotatable bonds is 4. The van der Waals surface area contributed by atoms with E-state index < -0.39 is 0 Å². The Hall–Kier alpha value is -2.00. The second kappa shape index (κ2) is 6.14. The zero-order valence-electron chi connectivity index (χ0n) is 14.1. The fraction of sp³-hybridized carbons (Fsp3) is 0.429. The fourth-order valence-electron chi connectivity index (χ4n) is 4.84. The van der Waals surface area contributed by atoms with Crippen LogP contribution in [0.4, 0.5) is 0 Å². The topological polar surface area (TPSA) is 36.6 Å². The minimum Gasteiger partial charge on any atom is -0.508 e. The molecule has 1 saturated heterocycles. The van der Waals surface area contributed by atoms with E-state index in [0.717, 1.165) is 44.7 Å². The zero-order chi connectivity index (χ0) is 16.6. The highest BCUT2D eigenvalue weighted by atomic mass is 16.3. The van der Waals surface area contributed by atoms with Crippen LogP contribution >= 0.6 is 0 Å². The Morgan fingerprint density at radius 2 is 2.29 bits per heavy atom. The van der Waals surface area contributed by atoms with Crippen molar-refractivity contribution in [2.24, 2.45) is 5.92 Å². The third kappa shape index (κ3) is 2.57. The molecule has 0 radical (unpaired) electrons. The summed E-state index contributed by atoms with van der Waals surface area (Å²) in [4.78, 5) is 2.51. The number of likely N-dealkylation sites (tertiary alicyclic amines) is 1. The smallest absolute Gasteiger partial charge is 0.117 e. The molecular weight excluding hydrogens is 298 g/mol. The molecular formula is C21H25NO2. The third-order valence-corrected chi connectivity index (χ3v) is 5.99. The largest absolute Gasteiger partial charge is 0.508 e. The second-order valence-electron chi connectivity index (χ2n) is 7.29. The number of aryl methyl sites for hydroxylation is 1. The predicted molar refractivity (Wildman–Crippen MR) is 95.0 cm³/mol. The van der Waals surface area contributed by atoms with Crippen molar-refractivity contribution in [3.05, 3.63) is 66.1 Å². The van der Waals surface area contributed by atoms with Gasteiger partial charge in [-0.25, -0.2) is 0 Å². The summed E-state index contributed by atoms with van der Waals surface area (Å²) in [5, 5.41) is 10.0. The highest BCUT2D eigenvalue weighted by Gasteiger charge is 2.46. The van der Waals surface area contributed by atoms with Gasteiger partial charge in [0.2, 0.25) is 0 Å². The van der Waals surface area contributed by atoms with Crippen LogP contribution in [0.25, 0.3) is 0 Å². The molecule has 1 aromatic heterocycles.